The first-order valence-corrected chi connectivity index (χ1v) is 8.72. The van der Waals surface area contributed by atoms with Crippen molar-refractivity contribution in [2.75, 3.05) is 13.7 Å². The van der Waals surface area contributed by atoms with E-state index in [1.807, 2.05) is 0 Å². The number of aliphatic hydroxyl groups is 4. The molecule has 0 aliphatic carbocycles. The van der Waals surface area contributed by atoms with Crippen molar-refractivity contribution in [3.05, 3.63) is 23.8 Å². The molecule has 0 bridgehead atoms. The zero-order valence-electron chi connectivity index (χ0n) is 15.0. The molecule has 0 amide bonds. The van der Waals surface area contributed by atoms with Crippen LogP contribution in [0.2, 0.25) is 0 Å². The highest BCUT2D eigenvalue weighted by atomic mass is 16.7. The highest BCUT2D eigenvalue weighted by molar-refractivity contribution is 5.68. The van der Waals surface area contributed by atoms with E-state index < -0.39 is 37.3 Å². The number of phenolic OH excluding ortho intramolecular Hbond substituents is 1. The number of rotatable bonds is 8. The Kier molecular flexibility index (Phi) is 7.81. The van der Waals surface area contributed by atoms with Crippen LogP contribution in [0, 0.1) is 0 Å². The monoisotopic (exact) mass is 386 g/mol. The molecule has 1 fully saturated rings. The maximum atomic E-state index is 11.1. The molecule has 1 heterocycles. The second-order valence-corrected chi connectivity index (χ2v) is 6.43. The van der Waals surface area contributed by atoms with Crippen molar-refractivity contribution in [1.29, 1.82) is 0 Å². The van der Waals surface area contributed by atoms with Crippen LogP contribution in [0.3, 0.4) is 0 Å². The fourth-order valence-corrected chi connectivity index (χ4v) is 2.86. The van der Waals surface area contributed by atoms with Gasteiger partial charge in [-0.15, -0.1) is 0 Å². The predicted molar refractivity (Wildman–Crippen MR) is 92.1 cm³/mol. The molecule has 9 nitrogen and oxygen atoms in total. The fraction of sp³-hybridized carbons (Fsp3) is 0.611. The second-order valence-electron chi connectivity index (χ2n) is 6.43. The minimum Gasteiger partial charge on any atom is -0.508 e. The first-order chi connectivity index (χ1) is 12.8. The lowest BCUT2D eigenvalue weighted by molar-refractivity contribution is -0.277. The molecule has 1 aliphatic rings. The molecule has 152 valence electrons. The van der Waals surface area contributed by atoms with E-state index in [1.54, 1.807) is 12.1 Å². The molecular weight excluding hydrogens is 360 g/mol. The summed E-state index contributed by atoms with van der Waals surface area (Å²) in [4.78, 5) is 11.1. The molecule has 9 heteroatoms. The summed E-state index contributed by atoms with van der Waals surface area (Å²) in [5, 5.41) is 48.7. The zero-order valence-corrected chi connectivity index (χ0v) is 15.0. The van der Waals surface area contributed by atoms with Crippen LogP contribution in [-0.2, 0) is 20.7 Å². The van der Waals surface area contributed by atoms with Crippen molar-refractivity contribution in [2.45, 2.75) is 56.4 Å². The van der Waals surface area contributed by atoms with Crippen LogP contribution in [0.1, 0.15) is 24.8 Å². The molecule has 0 saturated carbocycles. The van der Waals surface area contributed by atoms with E-state index in [4.69, 9.17) is 9.47 Å². The van der Waals surface area contributed by atoms with Crippen LogP contribution in [-0.4, -0.2) is 75.9 Å². The molecule has 1 aromatic carbocycles. The van der Waals surface area contributed by atoms with Crippen LogP contribution in [0.5, 0.6) is 11.5 Å². The van der Waals surface area contributed by atoms with Gasteiger partial charge in [0.05, 0.1) is 13.7 Å². The number of benzene rings is 1. The molecule has 27 heavy (non-hydrogen) atoms. The second kappa shape index (κ2) is 9.86. The Morgan fingerprint density at radius 2 is 1.85 bits per heavy atom. The average molecular weight is 386 g/mol. The minimum atomic E-state index is -1.55. The summed E-state index contributed by atoms with van der Waals surface area (Å²) in [5.41, 5.74) is 0.749. The number of hydrogen-bond acceptors (Lipinski definition) is 9. The van der Waals surface area contributed by atoms with Gasteiger partial charge in [-0.05, 0) is 37.0 Å². The number of methoxy groups -OCH3 is 1. The van der Waals surface area contributed by atoms with Crippen LogP contribution in [0.4, 0.5) is 0 Å². The number of ether oxygens (including phenoxy) is 3. The van der Waals surface area contributed by atoms with Gasteiger partial charge in [0.25, 0.3) is 0 Å². The highest BCUT2D eigenvalue weighted by Crippen LogP contribution is 2.28. The molecule has 0 radical (unpaired) electrons. The van der Waals surface area contributed by atoms with Crippen LogP contribution >= 0.6 is 0 Å². The van der Waals surface area contributed by atoms with Gasteiger partial charge in [-0.1, -0.05) is 0 Å². The maximum absolute atomic E-state index is 11.1. The number of hydrogen-bond donors (Lipinski definition) is 5. The third-order valence-electron chi connectivity index (χ3n) is 4.38. The first-order valence-electron chi connectivity index (χ1n) is 8.72. The number of unbranched alkanes of at least 4 members (excludes halogenated alkanes) is 1. The third-order valence-corrected chi connectivity index (χ3v) is 4.38. The van der Waals surface area contributed by atoms with Gasteiger partial charge in [0.2, 0.25) is 6.29 Å². The Labute approximate surface area is 156 Å². The summed E-state index contributed by atoms with van der Waals surface area (Å²) in [7, 11) is 1.33. The lowest BCUT2D eigenvalue weighted by atomic mass is 9.99. The van der Waals surface area contributed by atoms with Gasteiger partial charge < -0.3 is 39.7 Å². The van der Waals surface area contributed by atoms with E-state index in [2.05, 4.69) is 4.74 Å². The highest BCUT2D eigenvalue weighted by Gasteiger charge is 2.44. The van der Waals surface area contributed by atoms with Crippen LogP contribution in [0.15, 0.2) is 18.2 Å². The summed E-state index contributed by atoms with van der Waals surface area (Å²) in [6.07, 6.45) is -4.74. The lowest BCUT2D eigenvalue weighted by Crippen LogP contribution is -2.60. The molecule has 0 spiro atoms. The van der Waals surface area contributed by atoms with Crippen molar-refractivity contribution >= 4 is 5.97 Å². The topological polar surface area (TPSA) is 146 Å². The number of carbonyl (C=O) groups excluding carboxylic acids is 1. The number of carbonyl (C=O) groups is 1. The van der Waals surface area contributed by atoms with Gasteiger partial charge in [0, 0.05) is 12.5 Å². The fourth-order valence-electron chi connectivity index (χ4n) is 2.86. The van der Waals surface area contributed by atoms with E-state index in [1.165, 1.54) is 13.2 Å². The number of aliphatic hydroxyl groups excluding tert-OH is 4. The number of phenols is 1. The Bertz CT molecular complexity index is 619. The molecule has 1 saturated heterocycles. The van der Waals surface area contributed by atoms with E-state index in [0.717, 1.165) is 5.56 Å². The molecule has 0 unspecified atom stereocenters. The molecular formula is C18H26O9. The summed E-state index contributed by atoms with van der Waals surface area (Å²) in [6.45, 7) is -0.559. The molecule has 1 aliphatic heterocycles. The molecule has 5 atom stereocenters. The van der Waals surface area contributed by atoms with Gasteiger partial charge in [0.15, 0.2) is 0 Å². The molecule has 0 aromatic heterocycles. The van der Waals surface area contributed by atoms with Gasteiger partial charge >= 0.3 is 5.97 Å². The van der Waals surface area contributed by atoms with E-state index in [9.17, 15) is 30.3 Å². The van der Waals surface area contributed by atoms with Crippen molar-refractivity contribution in [3.8, 4) is 11.5 Å². The maximum Gasteiger partial charge on any atom is 0.305 e. The molecule has 2 rings (SSSR count). The molecule has 1 aromatic rings. The number of esters is 1. The van der Waals surface area contributed by atoms with Crippen molar-refractivity contribution in [1.82, 2.24) is 0 Å². The van der Waals surface area contributed by atoms with E-state index >= 15 is 0 Å². The normalized spacial score (nSPS) is 28.0. The number of aryl methyl sites for hydroxylation is 1. The van der Waals surface area contributed by atoms with Crippen LogP contribution in [0.25, 0.3) is 0 Å². The van der Waals surface area contributed by atoms with Gasteiger partial charge in [-0.25, -0.2) is 0 Å². The van der Waals surface area contributed by atoms with Gasteiger partial charge in [-0.2, -0.15) is 0 Å². The minimum absolute atomic E-state index is 0.0555. The summed E-state index contributed by atoms with van der Waals surface area (Å²) in [5.74, 6) is -0.139. The van der Waals surface area contributed by atoms with Gasteiger partial charge in [0.1, 0.15) is 35.9 Å². The van der Waals surface area contributed by atoms with Gasteiger partial charge in [-0.3, -0.25) is 4.79 Å². The standard InChI is InChI=1S/C18H26O9/c1-25-14(21)5-3-2-4-10-6-11(20)8-12(7-10)26-18-17(24)16(23)15(22)13(9-19)27-18/h6-8,13,15-20,22-24H,2-5,9H2,1H3/t13-,15-,16+,17-,18-/m1/s1. The summed E-state index contributed by atoms with van der Waals surface area (Å²) in [6, 6.07) is 4.51. The smallest absolute Gasteiger partial charge is 0.305 e. The number of aromatic hydroxyl groups is 1. The first kappa shape index (κ1) is 21.4. The van der Waals surface area contributed by atoms with E-state index in [0.29, 0.717) is 25.7 Å². The molecule has 5 N–H and O–H groups in total. The van der Waals surface area contributed by atoms with Crippen molar-refractivity contribution < 1.29 is 44.5 Å². The summed E-state index contributed by atoms with van der Waals surface area (Å²) < 4.78 is 15.4. The Balaban J connectivity index is 1.99. The van der Waals surface area contributed by atoms with Crippen molar-refractivity contribution in [3.63, 3.8) is 0 Å². The van der Waals surface area contributed by atoms with Crippen LogP contribution < -0.4 is 4.74 Å². The Hall–Kier alpha value is -1.91. The summed E-state index contributed by atoms with van der Waals surface area (Å²) >= 11 is 0. The van der Waals surface area contributed by atoms with E-state index in [-0.39, 0.29) is 17.5 Å². The average Bonchev–Trinajstić information content (AvgIpc) is 2.65. The Morgan fingerprint density at radius 1 is 1.11 bits per heavy atom. The SMILES string of the molecule is COC(=O)CCCCc1cc(O)cc(O[C@@H]2O[C@H](CO)[C@@H](O)[C@H](O)[C@H]2O)c1. The van der Waals surface area contributed by atoms with Crippen molar-refractivity contribution in [2.24, 2.45) is 0 Å². The lowest BCUT2D eigenvalue weighted by Gasteiger charge is -2.39. The quantitative estimate of drug-likeness (QED) is 0.293. The third kappa shape index (κ3) is 5.78. The zero-order chi connectivity index (χ0) is 20.0. The predicted octanol–water partition coefficient (Wildman–Crippen LogP) is -0.543. The Morgan fingerprint density at radius 3 is 2.52 bits per heavy atom. The largest absolute Gasteiger partial charge is 0.508 e.